The Labute approximate surface area is 141 Å². The van der Waals surface area contributed by atoms with Gasteiger partial charge in [0.15, 0.2) is 10.8 Å². The van der Waals surface area contributed by atoms with Crippen molar-refractivity contribution >= 4 is 29.8 Å². The zero-order valence-corrected chi connectivity index (χ0v) is 12.6. The van der Waals surface area contributed by atoms with Gasteiger partial charge in [0.25, 0.3) is 5.56 Å². The average molecular weight is 370 g/mol. The molecule has 1 heterocycles. The summed E-state index contributed by atoms with van der Waals surface area (Å²) in [5.74, 6) is -8.59. The van der Waals surface area contributed by atoms with Crippen LogP contribution < -0.4 is 10.3 Å². The molecule has 1 fully saturated rings. The van der Waals surface area contributed by atoms with Crippen molar-refractivity contribution in [1.29, 1.82) is 0 Å². The Morgan fingerprint density at radius 3 is 1.85 bits per heavy atom. The molecule has 0 saturated heterocycles. The molecule has 0 bridgehead atoms. The van der Waals surface area contributed by atoms with E-state index in [1.165, 1.54) is 0 Å². The number of aromatic nitrogens is 2. The predicted molar refractivity (Wildman–Crippen MR) is 74.5 cm³/mol. The zero-order valence-electron chi connectivity index (χ0n) is 12.6. The lowest BCUT2D eigenvalue weighted by atomic mass is 9.52. The number of hydrogen-bond acceptors (Lipinski definition) is 8. The Balaban J connectivity index is 2.30. The summed E-state index contributed by atoms with van der Waals surface area (Å²) in [4.78, 5) is 73.2. The maximum Gasteiger partial charge on any atom is 0.342 e. The second kappa shape index (κ2) is 5.94. The number of ether oxygens (including phenoxy) is 1. The first-order valence-corrected chi connectivity index (χ1v) is 6.71. The van der Waals surface area contributed by atoms with Crippen molar-refractivity contribution in [2.45, 2.75) is 12.8 Å². The lowest BCUT2D eigenvalue weighted by Gasteiger charge is -2.45. The van der Waals surface area contributed by atoms with Gasteiger partial charge in [-0.2, -0.15) is 0 Å². The summed E-state index contributed by atoms with van der Waals surface area (Å²) in [6.45, 7) is 0. The Kier molecular flexibility index (Phi) is 4.25. The fraction of sp³-hybridized carbons (Fsp3) is 0.308. The van der Waals surface area contributed by atoms with Crippen molar-refractivity contribution in [1.82, 2.24) is 9.97 Å². The van der Waals surface area contributed by atoms with Crippen molar-refractivity contribution in [3.05, 3.63) is 22.1 Å². The topological polar surface area (TPSA) is 221 Å². The number of carboxylic acids is 4. The van der Waals surface area contributed by atoms with Crippen LogP contribution in [0.2, 0.25) is 0 Å². The maximum atomic E-state index is 12.2. The van der Waals surface area contributed by atoms with E-state index >= 15 is 0 Å². The van der Waals surface area contributed by atoms with E-state index in [9.17, 15) is 33.9 Å². The standard InChI is InChI=1S/C13H10N2O11/c16-5-4(6(17)18)1-14-11(15-5)26-10(25)13(9(23)24)2-12(3-13,7(19)20)8(21)22/h1H,2-3H2,(H,17,18)(H,19,20)(H,21,22)(H,23,24)(H,14,15,16). The number of nitrogens with one attached hydrogen (secondary N) is 1. The molecular weight excluding hydrogens is 360 g/mol. The highest BCUT2D eigenvalue weighted by Gasteiger charge is 2.72. The van der Waals surface area contributed by atoms with Crippen molar-refractivity contribution in [3.8, 4) is 6.01 Å². The molecule has 26 heavy (non-hydrogen) atoms. The van der Waals surface area contributed by atoms with E-state index in [1.54, 1.807) is 4.98 Å². The van der Waals surface area contributed by atoms with Crippen molar-refractivity contribution in [2.24, 2.45) is 10.8 Å². The molecule has 1 aromatic heterocycles. The van der Waals surface area contributed by atoms with Gasteiger partial charge in [-0.3, -0.25) is 29.0 Å². The quantitative estimate of drug-likeness (QED) is 0.282. The Morgan fingerprint density at radius 2 is 1.46 bits per heavy atom. The minimum absolute atomic E-state index is 0.566. The van der Waals surface area contributed by atoms with E-state index in [0.717, 1.165) is 0 Å². The summed E-state index contributed by atoms with van der Waals surface area (Å²) < 4.78 is 4.59. The molecule has 0 spiro atoms. The molecule has 1 aliphatic rings. The molecule has 138 valence electrons. The van der Waals surface area contributed by atoms with E-state index in [4.69, 9.17) is 15.3 Å². The van der Waals surface area contributed by atoms with Crippen LogP contribution in [0.25, 0.3) is 0 Å². The molecule has 1 aliphatic carbocycles. The summed E-state index contributed by atoms with van der Waals surface area (Å²) in [6.07, 6.45) is -1.58. The highest BCUT2D eigenvalue weighted by atomic mass is 16.6. The number of rotatable bonds is 6. The molecule has 1 saturated carbocycles. The second-order valence-electron chi connectivity index (χ2n) is 5.56. The minimum atomic E-state index is -2.47. The number of hydrogen-bond donors (Lipinski definition) is 5. The number of aromatic carboxylic acids is 1. The number of carbonyl (C=O) groups is 5. The van der Waals surface area contributed by atoms with Crippen molar-refractivity contribution in [2.75, 3.05) is 0 Å². The van der Waals surface area contributed by atoms with Gasteiger partial charge < -0.3 is 25.2 Å². The summed E-state index contributed by atoms with van der Waals surface area (Å²) in [6, 6.07) is -0.825. The third-order valence-corrected chi connectivity index (χ3v) is 4.02. The summed E-state index contributed by atoms with van der Waals surface area (Å²) in [5.41, 5.74) is -6.89. The molecule has 0 unspecified atom stereocenters. The molecule has 1 aromatic rings. The fourth-order valence-corrected chi connectivity index (χ4v) is 2.52. The average Bonchev–Trinajstić information content (AvgIpc) is 2.44. The van der Waals surface area contributed by atoms with E-state index in [1.807, 2.05) is 0 Å². The lowest BCUT2D eigenvalue weighted by Crippen LogP contribution is -2.63. The Morgan fingerprint density at radius 1 is 0.962 bits per heavy atom. The van der Waals surface area contributed by atoms with Gasteiger partial charge in [-0.05, 0) is 0 Å². The molecule has 0 aliphatic heterocycles. The van der Waals surface area contributed by atoms with Crippen LogP contribution in [0.1, 0.15) is 23.2 Å². The van der Waals surface area contributed by atoms with Gasteiger partial charge >= 0.3 is 35.9 Å². The second-order valence-corrected chi connectivity index (χ2v) is 5.56. The van der Waals surface area contributed by atoms with Gasteiger partial charge in [-0.15, -0.1) is 0 Å². The molecule has 2 rings (SSSR count). The number of aliphatic carboxylic acids is 3. The molecule has 0 aromatic carbocycles. The molecule has 0 radical (unpaired) electrons. The summed E-state index contributed by atoms with van der Waals surface area (Å²) in [5, 5.41) is 36.0. The Bertz CT molecular complexity index is 878. The lowest BCUT2D eigenvalue weighted by molar-refractivity contribution is -0.196. The number of aromatic amines is 1. The van der Waals surface area contributed by atoms with Gasteiger partial charge in [-0.1, -0.05) is 0 Å². The molecule has 0 amide bonds. The molecule has 0 atom stereocenters. The summed E-state index contributed by atoms with van der Waals surface area (Å²) >= 11 is 0. The first kappa shape index (κ1) is 18.6. The first-order valence-electron chi connectivity index (χ1n) is 6.71. The third-order valence-electron chi connectivity index (χ3n) is 4.02. The number of nitrogens with zero attached hydrogens (tertiary/aromatic N) is 1. The van der Waals surface area contributed by atoms with Gasteiger partial charge in [0, 0.05) is 12.8 Å². The number of H-pyrrole nitrogens is 1. The first-order chi connectivity index (χ1) is 12.0. The van der Waals surface area contributed by atoms with Crippen molar-refractivity contribution < 1.29 is 49.1 Å². The van der Waals surface area contributed by atoms with Crippen LogP contribution in [0.5, 0.6) is 6.01 Å². The third kappa shape index (κ3) is 2.64. The fourth-order valence-electron chi connectivity index (χ4n) is 2.52. The van der Waals surface area contributed by atoms with Crippen LogP contribution in [0, 0.1) is 10.8 Å². The van der Waals surface area contributed by atoms with Gasteiger partial charge in [0.1, 0.15) is 5.56 Å². The minimum Gasteiger partial charge on any atom is -0.480 e. The van der Waals surface area contributed by atoms with Crippen LogP contribution in [0.15, 0.2) is 11.0 Å². The monoisotopic (exact) mass is 370 g/mol. The number of carbonyl (C=O) groups excluding carboxylic acids is 1. The molecule has 13 nitrogen and oxygen atoms in total. The number of carboxylic acid groups (broad SMARTS) is 4. The number of esters is 1. The van der Waals surface area contributed by atoms with Crippen molar-refractivity contribution in [3.63, 3.8) is 0 Å². The molecule has 13 heteroatoms. The largest absolute Gasteiger partial charge is 0.480 e. The van der Waals surface area contributed by atoms with Crippen LogP contribution in [-0.2, 0) is 19.2 Å². The Hall–Kier alpha value is -3.77. The van der Waals surface area contributed by atoms with Gasteiger partial charge in [0.05, 0.1) is 6.20 Å². The van der Waals surface area contributed by atoms with E-state index < -0.39 is 70.7 Å². The highest BCUT2D eigenvalue weighted by molar-refractivity contribution is 6.09. The normalized spacial score (nSPS) is 16.8. The van der Waals surface area contributed by atoms with Crippen LogP contribution in [0.3, 0.4) is 0 Å². The van der Waals surface area contributed by atoms with E-state index in [0.29, 0.717) is 6.20 Å². The highest BCUT2D eigenvalue weighted by Crippen LogP contribution is 2.55. The predicted octanol–water partition coefficient (Wildman–Crippen LogP) is -1.61. The molecule has 5 N–H and O–H groups in total. The van der Waals surface area contributed by atoms with Gasteiger partial charge in [-0.25, -0.2) is 9.78 Å². The van der Waals surface area contributed by atoms with Crippen LogP contribution >= 0.6 is 0 Å². The maximum absolute atomic E-state index is 12.2. The SMILES string of the molecule is O=C(O)c1cnc(OC(=O)C2(C(=O)O)CC(C(=O)O)(C(=O)O)C2)[nH]c1=O. The van der Waals surface area contributed by atoms with E-state index in [2.05, 4.69) is 9.72 Å². The zero-order chi connectivity index (χ0) is 19.9. The molecular formula is C13H10N2O11. The van der Waals surface area contributed by atoms with E-state index in [-0.39, 0.29) is 0 Å². The smallest absolute Gasteiger partial charge is 0.342 e. The van der Waals surface area contributed by atoms with Crippen LogP contribution in [-0.4, -0.2) is 60.2 Å². The van der Waals surface area contributed by atoms with Gasteiger partial charge in [0.2, 0.25) is 0 Å². The van der Waals surface area contributed by atoms with Crippen LogP contribution in [0.4, 0.5) is 0 Å². The summed E-state index contributed by atoms with van der Waals surface area (Å²) in [7, 11) is 0.